The first-order valence-corrected chi connectivity index (χ1v) is 12.7. The third kappa shape index (κ3) is 6.86. The number of hydrogen-bond donors (Lipinski definition) is 3. The Balaban J connectivity index is 1.28. The molecule has 1 heterocycles. The molecule has 1 aliphatic rings. The summed E-state index contributed by atoms with van der Waals surface area (Å²) in [4.78, 5) is 29.3. The highest BCUT2D eigenvalue weighted by atomic mass is 35.5. The van der Waals surface area contributed by atoms with Crippen LogP contribution < -0.4 is 25.6 Å². The fourth-order valence-electron chi connectivity index (χ4n) is 4.15. The fraction of sp³-hybridized carbons (Fsp3) is 0.286. The van der Waals surface area contributed by atoms with Gasteiger partial charge in [0.05, 0.1) is 23.0 Å². The summed E-state index contributed by atoms with van der Waals surface area (Å²) in [7, 11) is 0. The van der Waals surface area contributed by atoms with Crippen molar-refractivity contribution in [3.05, 3.63) is 76.8 Å². The second kappa shape index (κ2) is 11.9. The minimum absolute atomic E-state index is 0.155. The molecule has 194 valence electrons. The van der Waals surface area contributed by atoms with Crippen molar-refractivity contribution in [1.29, 1.82) is 0 Å². The Hall–Kier alpha value is -3.91. The van der Waals surface area contributed by atoms with Gasteiger partial charge in [-0.25, -0.2) is 9.59 Å². The van der Waals surface area contributed by atoms with Crippen molar-refractivity contribution in [3.8, 4) is 5.75 Å². The molecular weight excluding hydrogens is 490 g/mol. The number of nitrogens with zero attached hydrogens (tertiary/aromatic N) is 2. The van der Waals surface area contributed by atoms with Crippen molar-refractivity contribution in [3.63, 3.8) is 0 Å². The molecule has 0 radical (unpaired) electrons. The first kappa shape index (κ1) is 26.2. The highest BCUT2D eigenvalue weighted by Gasteiger charge is 2.22. The first-order chi connectivity index (χ1) is 17.8. The van der Waals surface area contributed by atoms with Gasteiger partial charge in [0.1, 0.15) is 5.75 Å². The van der Waals surface area contributed by atoms with E-state index in [0.29, 0.717) is 60.6 Å². The van der Waals surface area contributed by atoms with Gasteiger partial charge in [-0.2, -0.15) is 0 Å². The second-order valence-corrected chi connectivity index (χ2v) is 9.35. The zero-order valence-corrected chi connectivity index (χ0v) is 22.1. The summed E-state index contributed by atoms with van der Waals surface area (Å²) in [6.07, 6.45) is 0. The number of anilines is 4. The van der Waals surface area contributed by atoms with Crippen molar-refractivity contribution in [2.45, 2.75) is 20.8 Å². The first-order valence-electron chi connectivity index (χ1n) is 12.3. The molecule has 1 fully saturated rings. The quantitative estimate of drug-likeness (QED) is 0.352. The van der Waals surface area contributed by atoms with Crippen molar-refractivity contribution in [1.82, 2.24) is 4.90 Å². The Bertz CT molecular complexity index is 1260. The van der Waals surface area contributed by atoms with Gasteiger partial charge >= 0.3 is 12.1 Å². The molecule has 3 N–H and O–H groups in total. The van der Waals surface area contributed by atoms with Gasteiger partial charge in [-0.1, -0.05) is 23.7 Å². The highest BCUT2D eigenvalue weighted by molar-refractivity contribution is 6.33. The Morgan fingerprint density at radius 2 is 1.51 bits per heavy atom. The molecule has 1 saturated heterocycles. The van der Waals surface area contributed by atoms with Gasteiger partial charge in [-0.15, -0.1) is 0 Å². The minimum atomic E-state index is -0.340. The van der Waals surface area contributed by atoms with Crippen LogP contribution in [0.5, 0.6) is 5.75 Å². The van der Waals surface area contributed by atoms with Gasteiger partial charge in [-0.05, 0) is 80.4 Å². The maximum Gasteiger partial charge on any atom is 0.323 e. The predicted octanol–water partition coefficient (Wildman–Crippen LogP) is 6.35. The van der Waals surface area contributed by atoms with Crippen molar-refractivity contribution in [2.75, 3.05) is 53.6 Å². The Morgan fingerprint density at radius 3 is 2.19 bits per heavy atom. The van der Waals surface area contributed by atoms with Gasteiger partial charge in [0.25, 0.3) is 0 Å². The number of ether oxygens (including phenoxy) is 1. The lowest BCUT2D eigenvalue weighted by Crippen LogP contribution is -2.50. The fourth-order valence-corrected chi connectivity index (χ4v) is 4.43. The summed E-state index contributed by atoms with van der Waals surface area (Å²) in [5, 5.41) is 9.16. The van der Waals surface area contributed by atoms with E-state index < -0.39 is 0 Å². The number of rotatable bonds is 6. The number of halogens is 1. The van der Waals surface area contributed by atoms with Crippen molar-refractivity contribution >= 4 is 46.4 Å². The van der Waals surface area contributed by atoms with Crippen LogP contribution in [0.4, 0.5) is 32.3 Å². The summed E-state index contributed by atoms with van der Waals surface area (Å²) in [5.74, 6) is 0.633. The average Bonchev–Trinajstić information content (AvgIpc) is 2.88. The molecule has 1 aliphatic heterocycles. The number of carbonyl (C=O) groups is 2. The second-order valence-electron chi connectivity index (χ2n) is 8.95. The van der Waals surface area contributed by atoms with Crippen LogP contribution in [-0.4, -0.2) is 49.7 Å². The van der Waals surface area contributed by atoms with Gasteiger partial charge in [0.15, 0.2) is 0 Å². The van der Waals surface area contributed by atoms with Crippen molar-refractivity contribution < 1.29 is 14.3 Å². The number of urea groups is 2. The molecule has 0 spiro atoms. The number of benzene rings is 3. The number of aryl methyl sites for hydroxylation is 2. The number of piperazine rings is 1. The van der Waals surface area contributed by atoms with E-state index >= 15 is 0 Å². The summed E-state index contributed by atoms with van der Waals surface area (Å²) in [5.41, 5.74) is 5.02. The lowest BCUT2D eigenvalue weighted by Gasteiger charge is -2.36. The Labute approximate surface area is 222 Å². The molecule has 0 saturated carbocycles. The minimum Gasteiger partial charge on any atom is -0.492 e. The van der Waals surface area contributed by atoms with E-state index in [4.69, 9.17) is 16.3 Å². The normalized spacial score (nSPS) is 13.2. The topological polar surface area (TPSA) is 85.9 Å². The van der Waals surface area contributed by atoms with Crippen LogP contribution >= 0.6 is 11.6 Å². The Morgan fingerprint density at radius 1 is 0.838 bits per heavy atom. The Kier molecular flexibility index (Phi) is 8.40. The van der Waals surface area contributed by atoms with Crippen molar-refractivity contribution in [2.24, 2.45) is 0 Å². The summed E-state index contributed by atoms with van der Waals surface area (Å²) in [6, 6.07) is 18.4. The molecule has 4 rings (SSSR count). The van der Waals surface area contributed by atoms with E-state index in [9.17, 15) is 9.59 Å². The molecule has 0 unspecified atom stereocenters. The molecular formula is C28H32ClN5O3. The number of nitrogens with one attached hydrogen (secondary N) is 3. The zero-order chi connectivity index (χ0) is 26.4. The van der Waals surface area contributed by atoms with Gasteiger partial charge in [0, 0.05) is 37.6 Å². The van der Waals surface area contributed by atoms with E-state index in [1.165, 1.54) is 0 Å². The molecule has 37 heavy (non-hydrogen) atoms. The van der Waals surface area contributed by atoms with E-state index in [0.717, 1.165) is 16.8 Å². The average molecular weight is 522 g/mol. The summed E-state index contributed by atoms with van der Waals surface area (Å²) in [6.45, 7) is 8.93. The zero-order valence-electron chi connectivity index (χ0n) is 21.3. The van der Waals surface area contributed by atoms with Crippen LogP contribution in [0.2, 0.25) is 5.02 Å². The third-order valence-electron chi connectivity index (χ3n) is 6.11. The van der Waals surface area contributed by atoms with E-state index in [-0.39, 0.29) is 12.1 Å². The maximum absolute atomic E-state index is 12.7. The highest BCUT2D eigenvalue weighted by Crippen LogP contribution is 2.27. The molecule has 8 nitrogen and oxygen atoms in total. The van der Waals surface area contributed by atoms with Gasteiger partial charge in [0.2, 0.25) is 0 Å². The van der Waals surface area contributed by atoms with Gasteiger partial charge in [-0.3, -0.25) is 0 Å². The number of amides is 4. The summed E-state index contributed by atoms with van der Waals surface area (Å²) < 4.78 is 5.61. The van der Waals surface area contributed by atoms with Crippen LogP contribution in [-0.2, 0) is 0 Å². The molecule has 0 aliphatic carbocycles. The molecule has 3 aromatic carbocycles. The third-order valence-corrected chi connectivity index (χ3v) is 6.42. The SMILES string of the molecule is CCOc1ccc(C)cc1NC(=O)Nc1ccc(N2CCN(C(=O)Nc3ccc(C)cc3Cl)CC2)cc1. The molecule has 3 aromatic rings. The smallest absolute Gasteiger partial charge is 0.323 e. The number of carbonyl (C=O) groups excluding carboxylic acids is 2. The maximum atomic E-state index is 12.7. The van der Waals surface area contributed by atoms with Crippen LogP contribution in [0, 0.1) is 13.8 Å². The molecule has 4 amide bonds. The molecule has 0 aromatic heterocycles. The summed E-state index contributed by atoms with van der Waals surface area (Å²) >= 11 is 6.25. The lowest BCUT2D eigenvalue weighted by atomic mass is 10.2. The molecule has 9 heteroatoms. The van der Waals surface area contributed by atoms with E-state index in [1.807, 2.05) is 81.4 Å². The van der Waals surface area contributed by atoms with Crippen LogP contribution in [0.1, 0.15) is 18.1 Å². The predicted molar refractivity (Wildman–Crippen MR) is 150 cm³/mol. The lowest BCUT2D eigenvalue weighted by molar-refractivity contribution is 0.208. The van der Waals surface area contributed by atoms with Crippen LogP contribution in [0.15, 0.2) is 60.7 Å². The van der Waals surface area contributed by atoms with E-state index in [2.05, 4.69) is 20.9 Å². The van der Waals surface area contributed by atoms with Crippen LogP contribution in [0.3, 0.4) is 0 Å². The van der Waals surface area contributed by atoms with Crippen LogP contribution in [0.25, 0.3) is 0 Å². The largest absolute Gasteiger partial charge is 0.492 e. The standard InChI is InChI=1S/C28H32ClN5O3/c1-4-37-26-12-6-20(3)18-25(26)31-27(35)30-21-7-9-22(10-8-21)33-13-15-34(16-14-33)28(36)32-24-11-5-19(2)17-23(24)29/h5-12,17-18H,4,13-16H2,1-3H3,(H,32,36)(H2,30,31,35). The van der Waals surface area contributed by atoms with Gasteiger partial charge < -0.3 is 30.5 Å². The number of hydrogen-bond acceptors (Lipinski definition) is 4. The molecule has 0 bridgehead atoms. The van der Waals surface area contributed by atoms with E-state index in [1.54, 1.807) is 4.90 Å². The monoisotopic (exact) mass is 521 g/mol. The molecule has 0 atom stereocenters.